The maximum atomic E-state index is 11.7. The van der Waals surface area contributed by atoms with E-state index in [-0.39, 0.29) is 41.9 Å². The van der Waals surface area contributed by atoms with E-state index in [0.717, 1.165) is 12.8 Å². The quantitative estimate of drug-likeness (QED) is 0.241. The van der Waals surface area contributed by atoms with Gasteiger partial charge in [0.05, 0.1) is 6.42 Å². The van der Waals surface area contributed by atoms with Crippen LogP contribution in [0.25, 0.3) is 0 Å². The molecule has 3 N–H and O–H groups in total. The molecule has 0 saturated carbocycles. The summed E-state index contributed by atoms with van der Waals surface area (Å²) in [6.45, 7) is 2.23. The zero-order valence-electron chi connectivity index (χ0n) is 16.3. The fourth-order valence-corrected chi connectivity index (χ4v) is 2.94. The summed E-state index contributed by atoms with van der Waals surface area (Å²) in [4.78, 5) is 33.1. The molecule has 0 fully saturated rings. The predicted octanol–water partition coefficient (Wildman–Crippen LogP) is 3.86. The molecule has 7 heteroatoms. The summed E-state index contributed by atoms with van der Waals surface area (Å²) in [5.74, 6) is -2.94. The molecule has 0 radical (unpaired) electrons. The summed E-state index contributed by atoms with van der Waals surface area (Å²) >= 11 is 0. The van der Waals surface area contributed by atoms with Gasteiger partial charge < -0.3 is 15.5 Å². The van der Waals surface area contributed by atoms with Crippen molar-refractivity contribution in [2.75, 3.05) is 0 Å². The van der Waals surface area contributed by atoms with Crippen LogP contribution in [0.15, 0.2) is 0 Å². The molecule has 154 valence electrons. The standard InChI is InChI=1S/C20H37NO5.Na.H/c1-2-3-4-5-6-7-8-9-10-11-12-13-14-15-18(22)21-17(20(25)26)16-19(23)24;;/h17H,2-16H2,1H3,(H,21,22)(H,23,24)(H,25,26);;. The first-order valence-corrected chi connectivity index (χ1v) is 10.2. The molecule has 0 aliphatic carbocycles. The predicted molar refractivity (Wildman–Crippen MR) is 109 cm³/mol. The minimum atomic E-state index is -1.35. The molecule has 0 aromatic carbocycles. The van der Waals surface area contributed by atoms with E-state index in [1.807, 2.05) is 0 Å². The molecule has 1 amide bonds. The first-order chi connectivity index (χ1) is 12.5. The second kappa shape index (κ2) is 20.2. The minimum absolute atomic E-state index is 0. The van der Waals surface area contributed by atoms with E-state index in [9.17, 15) is 14.4 Å². The third kappa shape index (κ3) is 20.0. The van der Waals surface area contributed by atoms with Crippen LogP contribution in [0.3, 0.4) is 0 Å². The molecule has 0 aliphatic heterocycles. The van der Waals surface area contributed by atoms with Crippen molar-refractivity contribution in [3.8, 4) is 0 Å². The Morgan fingerprint density at radius 3 is 1.52 bits per heavy atom. The number of hydrogen-bond donors (Lipinski definition) is 3. The van der Waals surface area contributed by atoms with Crippen LogP contribution in [0.2, 0.25) is 0 Å². The van der Waals surface area contributed by atoms with E-state index < -0.39 is 24.4 Å². The number of unbranched alkanes of at least 4 members (excludes halogenated alkanes) is 12. The molecule has 0 heterocycles. The molecule has 0 aromatic rings. The second-order valence-electron chi connectivity index (χ2n) is 7.05. The monoisotopic (exact) mass is 395 g/mol. The number of carbonyl (C=O) groups excluding carboxylic acids is 1. The Bertz CT molecular complexity index is 404. The molecule has 1 unspecified atom stereocenters. The Hall–Kier alpha value is -0.590. The molecule has 0 bridgehead atoms. The van der Waals surface area contributed by atoms with Crippen LogP contribution in [0.1, 0.15) is 103 Å². The van der Waals surface area contributed by atoms with Crippen LogP contribution >= 0.6 is 0 Å². The Morgan fingerprint density at radius 2 is 1.15 bits per heavy atom. The number of carboxylic acids is 2. The molecular weight excluding hydrogens is 357 g/mol. The van der Waals surface area contributed by atoms with Gasteiger partial charge in [0.25, 0.3) is 0 Å². The van der Waals surface area contributed by atoms with Crippen LogP contribution in [0.4, 0.5) is 0 Å². The van der Waals surface area contributed by atoms with Crippen molar-refractivity contribution in [1.82, 2.24) is 5.32 Å². The number of nitrogens with one attached hydrogen (secondary N) is 1. The molecule has 27 heavy (non-hydrogen) atoms. The van der Waals surface area contributed by atoms with Crippen molar-refractivity contribution in [2.24, 2.45) is 0 Å². The normalized spacial score (nSPS) is 11.4. The van der Waals surface area contributed by atoms with Gasteiger partial charge in [-0.05, 0) is 6.42 Å². The maximum absolute atomic E-state index is 11.7. The van der Waals surface area contributed by atoms with E-state index in [1.165, 1.54) is 64.2 Å². The third-order valence-electron chi connectivity index (χ3n) is 4.52. The van der Waals surface area contributed by atoms with Crippen LogP contribution in [-0.4, -0.2) is 63.7 Å². The summed E-state index contributed by atoms with van der Waals surface area (Å²) in [6, 6.07) is -1.35. The average molecular weight is 396 g/mol. The molecule has 0 spiro atoms. The molecule has 6 nitrogen and oxygen atoms in total. The van der Waals surface area contributed by atoms with Gasteiger partial charge in [-0.15, -0.1) is 0 Å². The van der Waals surface area contributed by atoms with Crippen LogP contribution in [0, 0.1) is 0 Å². The van der Waals surface area contributed by atoms with Gasteiger partial charge in [-0.25, -0.2) is 4.79 Å². The van der Waals surface area contributed by atoms with Crippen molar-refractivity contribution < 1.29 is 24.6 Å². The van der Waals surface area contributed by atoms with Crippen molar-refractivity contribution in [3.05, 3.63) is 0 Å². The molecule has 0 aromatic heterocycles. The van der Waals surface area contributed by atoms with Crippen molar-refractivity contribution >= 4 is 47.4 Å². The van der Waals surface area contributed by atoms with E-state index in [4.69, 9.17) is 10.2 Å². The molecule has 0 rings (SSSR count). The van der Waals surface area contributed by atoms with Crippen molar-refractivity contribution in [1.29, 1.82) is 0 Å². The molecular formula is C20H38NNaO5. The zero-order valence-corrected chi connectivity index (χ0v) is 16.3. The summed E-state index contributed by atoms with van der Waals surface area (Å²) in [5.41, 5.74) is 0. The van der Waals surface area contributed by atoms with Crippen molar-refractivity contribution in [3.63, 3.8) is 0 Å². The number of aliphatic carboxylic acids is 2. The van der Waals surface area contributed by atoms with Gasteiger partial charge in [-0.1, -0.05) is 84.0 Å². The van der Waals surface area contributed by atoms with Gasteiger partial charge in [-0.3, -0.25) is 9.59 Å². The fraction of sp³-hybridized carbons (Fsp3) is 0.850. The molecule has 0 aliphatic rings. The second-order valence-corrected chi connectivity index (χ2v) is 7.05. The number of carbonyl (C=O) groups is 3. The van der Waals surface area contributed by atoms with Gasteiger partial charge in [0, 0.05) is 6.42 Å². The van der Waals surface area contributed by atoms with E-state index in [2.05, 4.69) is 12.2 Å². The number of carboxylic acid groups (broad SMARTS) is 2. The summed E-state index contributed by atoms with van der Waals surface area (Å²) in [6.07, 6.45) is 15.5. The zero-order chi connectivity index (χ0) is 19.6. The number of hydrogen-bond acceptors (Lipinski definition) is 3. The van der Waals surface area contributed by atoms with Gasteiger partial charge in [0.15, 0.2) is 0 Å². The topological polar surface area (TPSA) is 104 Å². The third-order valence-corrected chi connectivity index (χ3v) is 4.52. The first-order valence-electron chi connectivity index (χ1n) is 10.2. The van der Waals surface area contributed by atoms with E-state index in [0.29, 0.717) is 6.42 Å². The number of rotatable bonds is 18. The number of amides is 1. The van der Waals surface area contributed by atoms with Crippen LogP contribution < -0.4 is 5.32 Å². The summed E-state index contributed by atoms with van der Waals surface area (Å²) < 4.78 is 0. The van der Waals surface area contributed by atoms with E-state index >= 15 is 0 Å². The van der Waals surface area contributed by atoms with Crippen LogP contribution in [-0.2, 0) is 14.4 Å². The van der Waals surface area contributed by atoms with Gasteiger partial charge in [0.2, 0.25) is 5.91 Å². The SMILES string of the molecule is CCCCCCCCCCCCCCCC(=O)NC(CC(=O)O)C(=O)O.[NaH]. The van der Waals surface area contributed by atoms with Crippen LogP contribution in [0.5, 0.6) is 0 Å². The first kappa shape index (κ1) is 28.6. The Labute approximate surface area is 186 Å². The summed E-state index contributed by atoms with van der Waals surface area (Å²) in [7, 11) is 0. The summed E-state index contributed by atoms with van der Waals surface area (Å²) in [5, 5.41) is 19.8. The molecule has 1 atom stereocenters. The van der Waals surface area contributed by atoms with Gasteiger partial charge in [0.1, 0.15) is 6.04 Å². The fourth-order valence-electron chi connectivity index (χ4n) is 2.94. The Balaban J connectivity index is 0. The van der Waals surface area contributed by atoms with Gasteiger partial charge >= 0.3 is 41.5 Å². The van der Waals surface area contributed by atoms with E-state index in [1.54, 1.807) is 0 Å². The van der Waals surface area contributed by atoms with Crippen molar-refractivity contribution in [2.45, 2.75) is 109 Å². The average Bonchev–Trinajstić information content (AvgIpc) is 2.58. The molecule has 0 saturated heterocycles. The Kier molecular flexibility index (Phi) is 21.4. The Morgan fingerprint density at radius 1 is 0.741 bits per heavy atom. The van der Waals surface area contributed by atoms with Gasteiger partial charge in [-0.2, -0.15) is 0 Å².